The van der Waals surface area contributed by atoms with Crippen LogP contribution in [0.15, 0.2) is 60.7 Å². The van der Waals surface area contributed by atoms with Crippen molar-refractivity contribution in [1.82, 2.24) is 9.78 Å². The second kappa shape index (κ2) is 7.00. The summed E-state index contributed by atoms with van der Waals surface area (Å²) in [5.74, 6) is -0.603. The van der Waals surface area contributed by atoms with E-state index in [4.69, 9.17) is 4.74 Å². The number of para-hydroxylation sites is 1. The molecule has 0 unspecified atom stereocenters. The SMILES string of the molecule is CC(=O)Nc1c(-c2ccccc2)nn(-c2ccccc2)c1OC(C)=O. The minimum absolute atomic E-state index is 0.174. The molecule has 3 rings (SSSR count). The van der Waals surface area contributed by atoms with Crippen LogP contribution in [0, 0.1) is 0 Å². The maximum absolute atomic E-state index is 11.7. The van der Waals surface area contributed by atoms with Crippen molar-refractivity contribution in [2.24, 2.45) is 0 Å². The summed E-state index contributed by atoms with van der Waals surface area (Å²) < 4.78 is 6.89. The van der Waals surface area contributed by atoms with Crippen LogP contribution < -0.4 is 10.1 Å². The van der Waals surface area contributed by atoms with E-state index >= 15 is 0 Å². The maximum Gasteiger partial charge on any atom is 0.309 e. The Labute approximate surface area is 145 Å². The highest BCUT2D eigenvalue weighted by Gasteiger charge is 2.23. The third-order valence-corrected chi connectivity index (χ3v) is 3.43. The number of rotatable bonds is 4. The van der Waals surface area contributed by atoms with Crippen LogP contribution in [-0.2, 0) is 9.59 Å². The second-order valence-corrected chi connectivity index (χ2v) is 5.42. The third kappa shape index (κ3) is 3.58. The van der Waals surface area contributed by atoms with Gasteiger partial charge in [0.1, 0.15) is 11.4 Å². The summed E-state index contributed by atoms with van der Waals surface area (Å²) in [6, 6.07) is 18.7. The van der Waals surface area contributed by atoms with Gasteiger partial charge in [-0.2, -0.15) is 9.78 Å². The van der Waals surface area contributed by atoms with Crippen LogP contribution in [-0.4, -0.2) is 21.7 Å². The highest BCUT2D eigenvalue weighted by atomic mass is 16.5. The number of amides is 1. The van der Waals surface area contributed by atoms with Gasteiger partial charge in [0.25, 0.3) is 5.88 Å². The van der Waals surface area contributed by atoms with Crippen LogP contribution in [0.25, 0.3) is 16.9 Å². The molecule has 0 aliphatic rings. The van der Waals surface area contributed by atoms with E-state index in [2.05, 4.69) is 10.4 Å². The van der Waals surface area contributed by atoms with E-state index < -0.39 is 5.97 Å². The number of nitrogens with zero attached hydrogens (tertiary/aromatic N) is 2. The Kier molecular flexibility index (Phi) is 4.61. The van der Waals surface area contributed by atoms with E-state index in [1.165, 1.54) is 18.5 Å². The van der Waals surface area contributed by atoms with Gasteiger partial charge in [-0.1, -0.05) is 48.5 Å². The maximum atomic E-state index is 11.7. The molecular weight excluding hydrogens is 318 g/mol. The lowest BCUT2D eigenvalue weighted by molar-refractivity contribution is -0.132. The van der Waals surface area contributed by atoms with E-state index in [0.717, 1.165) is 5.56 Å². The molecule has 1 N–H and O–H groups in total. The molecule has 25 heavy (non-hydrogen) atoms. The number of esters is 1. The molecule has 6 heteroatoms. The summed E-state index contributed by atoms with van der Waals surface area (Å²) in [6.07, 6.45) is 0. The Bertz CT molecular complexity index is 828. The van der Waals surface area contributed by atoms with Gasteiger partial charge < -0.3 is 10.1 Å². The van der Waals surface area contributed by atoms with E-state index in [1.54, 1.807) is 0 Å². The van der Waals surface area contributed by atoms with Crippen molar-refractivity contribution in [3.8, 4) is 22.8 Å². The fraction of sp³-hybridized carbons (Fsp3) is 0.105. The van der Waals surface area contributed by atoms with Gasteiger partial charge in [-0.15, -0.1) is 0 Å². The molecule has 2 aromatic carbocycles. The Balaban J connectivity index is 2.26. The number of nitrogens with one attached hydrogen (secondary N) is 1. The molecule has 0 aliphatic heterocycles. The number of aromatic nitrogens is 2. The lowest BCUT2D eigenvalue weighted by Gasteiger charge is -2.09. The van der Waals surface area contributed by atoms with Gasteiger partial charge in [0, 0.05) is 19.4 Å². The Morgan fingerprint density at radius 3 is 2.12 bits per heavy atom. The molecule has 0 spiro atoms. The summed E-state index contributed by atoms with van der Waals surface area (Å²) >= 11 is 0. The zero-order chi connectivity index (χ0) is 17.8. The molecule has 1 heterocycles. The summed E-state index contributed by atoms with van der Waals surface area (Å²) in [4.78, 5) is 23.3. The number of ether oxygens (including phenoxy) is 1. The molecule has 0 aliphatic carbocycles. The Morgan fingerprint density at radius 1 is 0.960 bits per heavy atom. The molecule has 1 aromatic heterocycles. The normalized spacial score (nSPS) is 10.3. The largest absolute Gasteiger partial charge is 0.405 e. The smallest absolute Gasteiger partial charge is 0.309 e. The lowest BCUT2D eigenvalue weighted by atomic mass is 10.1. The highest BCUT2D eigenvalue weighted by molar-refractivity contribution is 5.96. The van der Waals surface area contributed by atoms with Crippen molar-refractivity contribution in [2.75, 3.05) is 5.32 Å². The molecular formula is C19H17N3O3. The minimum atomic E-state index is -0.497. The highest BCUT2D eigenvalue weighted by Crippen LogP contribution is 2.37. The first-order valence-corrected chi connectivity index (χ1v) is 7.76. The van der Waals surface area contributed by atoms with Gasteiger partial charge in [0.05, 0.1) is 5.69 Å². The van der Waals surface area contributed by atoms with E-state index in [1.807, 2.05) is 60.7 Å². The van der Waals surface area contributed by atoms with Crippen molar-refractivity contribution < 1.29 is 14.3 Å². The number of anilines is 1. The third-order valence-electron chi connectivity index (χ3n) is 3.43. The van der Waals surface area contributed by atoms with Gasteiger partial charge in [0.2, 0.25) is 5.91 Å². The summed E-state index contributed by atoms with van der Waals surface area (Å²) in [6.45, 7) is 2.70. The first-order chi connectivity index (χ1) is 12.1. The van der Waals surface area contributed by atoms with Gasteiger partial charge in [-0.25, -0.2) is 0 Å². The Morgan fingerprint density at radius 2 is 1.56 bits per heavy atom. The lowest BCUT2D eigenvalue weighted by Crippen LogP contribution is -2.11. The summed E-state index contributed by atoms with van der Waals surface area (Å²) in [5, 5.41) is 7.32. The number of hydrogen-bond donors (Lipinski definition) is 1. The standard InChI is InChI=1S/C19H17N3O3/c1-13(23)20-18-17(15-9-5-3-6-10-15)21-22(19(18)25-14(2)24)16-11-7-4-8-12-16/h3-12H,1-2H3,(H,20,23). The molecule has 3 aromatic rings. The molecule has 126 valence electrons. The van der Waals surface area contributed by atoms with Crippen LogP contribution in [0.4, 0.5) is 5.69 Å². The van der Waals surface area contributed by atoms with Crippen molar-refractivity contribution in [3.05, 3.63) is 60.7 Å². The minimum Gasteiger partial charge on any atom is -0.405 e. The Hall–Kier alpha value is -3.41. The number of hydrogen-bond acceptors (Lipinski definition) is 4. The van der Waals surface area contributed by atoms with Crippen LogP contribution in [0.1, 0.15) is 13.8 Å². The monoisotopic (exact) mass is 335 g/mol. The van der Waals surface area contributed by atoms with Gasteiger partial charge in [0.15, 0.2) is 0 Å². The zero-order valence-corrected chi connectivity index (χ0v) is 13.9. The molecule has 1 amide bonds. The predicted octanol–water partition coefficient (Wildman–Crippen LogP) is 3.42. The van der Waals surface area contributed by atoms with E-state index in [9.17, 15) is 9.59 Å². The van der Waals surface area contributed by atoms with Crippen molar-refractivity contribution in [1.29, 1.82) is 0 Å². The predicted molar refractivity (Wildman–Crippen MR) is 94.6 cm³/mol. The zero-order valence-electron chi connectivity index (χ0n) is 13.9. The quantitative estimate of drug-likeness (QED) is 0.742. The fourth-order valence-corrected chi connectivity index (χ4v) is 2.46. The summed E-state index contributed by atoms with van der Waals surface area (Å²) in [7, 11) is 0. The number of carbonyl (C=O) groups is 2. The number of benzene rings is 2. The van der Waals surface area contributed by atoms with Crippen LogP contribution >= 0.6 is 0 Å². The molecule has 0 atom stereocenters. The molecule has 0 saturated carbocycles. The summed E-state index contributed by atoms with van der Waals surface area (Å²) in [5.41, 5.74) is 2.40. The first-order valence-electron chi connectivity index (χ1n) is 7.76. The van der Waals surface area contributed by atoms with Crippen LogP contribution in [0.3, 0.4) is 0 Å². The number of carbonyl (C=O) groups excluding carboxylic acids is 2. The van der Waals surface area contributed by atoms with Gasteiger partial charge in [-0.05, 0) is 12.1 Å². The van der Waals surface area contributed by atoms with Crippen molar-refractivity contribution in [2.45, 2.75) is 13.8 Å². The van der Waals surface area contributed by atoms with E-state index in [-0.39, 0.29) is 11.8 Å². The van der Waals surface area contributed by atoms with Crippen molar-refractivity contribution in [3.63, 3.8) is 0 Å². The van der Waals surface area contributed by atoms with Crippen molar-refractivity contribution >= 4 is 17.6 Å². The molecule has 0 saturated heterocycles. The topological polar surface area (TPSA) is 73.2 Å². The molecule has 0 radical (unpaired) electrons. The average Bonchev–Trinajstić information content (AvgIpc) is 2.94. The van der Waals surface area contributed by atoms with Gasteiger partial charge in [-0.3, -0.25) is 9.59 Å². The molecule has 0 fully saturated rings. The van der Waals surface area contributed by atoms with Crippen LogP contribution in [0.2, 0.25) is 0 Å². The molecule has 6 nitrogen and oxygen atoms in total. The first kappa shape index (κ1) is 16.4. The second-order valence-electron chi connectivity index (χ2n) is 5.42. The van der Waals surface area contributed by atoms with E-state index in [0.29, 0.717) is 17.1 Å². The average molecular weight is 335 g/mol. The molecule has 0 bridgehead atoms. The fourth-order valence-electron chi connectivity index (χ4n) is 2.46. The van der Waals surface area contributed by atoms with Gasteiger partial charge >= 0.3 is 5.97 Å². The van der Waals surface area contributed by atoms with Crippen LogP contribution in [0.5, 0.6) is 5.88 Å².